The van der Waals surface area contributed by atoms with Crippen molar-refractivity contribution in [1.29, 1.82) is 0 Å². The summed E-state index contributed by atoms with van der Waals surface area (Å²) in [6.07, 6.45) is 37.3. The first kappa shape index (κ1) is 47.8. The van der Waals surface area contributed by atoms with Gasteiger partial charge in [-0.1, -0.05) is 135 Å². The summed E-state index contributed by atoms with van der Waals surface area (Å²) in [6.45, 7) is 4.91. The van der Waals surface area contributed by atoms with E-state index in [1.807, 2.05) is 27.2 Å². The molecule has 0 radical (unpaired) electrons. The first-order chi connectivity index (χ1) is 23.6. The largest absolute Gasteiger partial charge is 0.498 e. The molecule has 0 spiro atoms. The zero-order valence-electron chi connectivity index (χ0n) is 32.7. The lowest BCUT2D eigenvalue weighted by Crippen LogP contribution is -2.37. The van der Waals surface area contributed by atoms with Crippen molar-refractivity contribution in [2.75, 3.05) is 47.5 Å². The number of quaternary nitrogens is 1. The summed E-state index contributed by atoms with van der Waals surface area (Å²) in [6, 6.07) is 0. The molecule has 1 N–H and O–H groups in total. The minimum Gasteiger partial charge on any atom is -0.498 e. The number of carbonyl (C=O) groups excluding carboxylic acids is 1. The molecule has 0 aliphatic heterocycles. The van der Waals surface area contributed by atoms with E-state index in [0.717, 1.165) is 44.9 Å². The molecule has 0 aromatic heterocycles. The van der Waals surface area contributed by atoms with Crippen molar-refractivity contribution >= 4 is 13.8 Å². The lowest BCUT2D eigenvalue weighted by atomic mass is 10.0. The van der Waals surface area contributed by atoms with Crippen LogP contribution in [0.2, 0.25) is 0 Å². The summed E-state index contributed by atoms with van der Waals surface area (Å²) in [5.41, 5.74) is 0. The van der Waals surface area contributed by atoms with Crippen LogP contribution in [0.15, 0.2) is 24.5 Å². The maximum atomic E-state index is 12.6. The highest BCUT2D eigenvalue weighted by Gasteiger charge is 2.26. The topological polar surface area (TPSA) is 91.3 Å². The molecule has 0 aromatic rings. The van der Waals surface area contributed by atoms with E-state index in [1.54, 1.807) is 6.26 Å². The van der Waals surface area contributed by atoms with Gasteiger partial charge < -0.3 is 18.9 Å². The van der Waals surface area contributed by atoms with E-state index in [4.69, 9.17) is 18.5 Å². The quantitative estimate of drug-likeness (QED) is 0.0171. The minimum absolute atomic E-state index is 0.0461. The third-order valence-electron chi connectivity index (χ3n) is 8.58. The number of likely N-dealkylation sites (N-methyl/N-ethyl adjacent to an activating group) is 1. The molecule has 290 valence electrons. The molecule has 0 aromatic carbocycles. The van der Waals surface area contributed by atoms with Crippen LogP contribution in [0.5, 0.6) is 0 Å². The number of phosphoric acid groups is 1. The van der Waals surface area contributed by atoms with Crippen LogP contribution in [0, 0.1) is 0 Å². The van der Waals surface area contributed by atoms with Crippen molar-refractivity contribution in [2.24, 2.45) is 0 Å². The molecule has 8 nitrogen and oxygen atoms in total. The normalized spacial score (nSPS) is 14.1. The third kappa shape index (κ3) is 37.9. The zero-order chi connectivity index (χ0) is 36.3. The van der Waals surface area contributed by atoms with Gasteiger partial charge in [-0.15, -0.1) is 0 Å². The van der Waals surface area contributed by atoms with Crippen LogP contribution in [0.3, 0.4) is 0 Å². The Hall–Kier alpha value is -1.18. The molecule has 1 unspecified atom stereocenters. The molecular weight excluding hydrogens is 637 g/mol. The van der Waals surface area contributed by atoms with Gasteiger partial charge in [0.05, 0.1) is 34.0 Å². The Labute approximate surface area is 303 Å². The lowest BCUT2D eigenvalue weighted by molar-refractivity contribution is -0.870. The predicted octanol–water partition coefficient (Wildman–Crippen LogP) is 11.6. The van der Waals surface area contributed by atoms with Gasteiger partial charge in [0.15, 0.2) is 6.10 Å². The Balaban J connectivity index is 4.35. The Morgan fingerprint density at radius 2 is 1.08 bits per heavy atom. The Bertz CT molecular complexity index is 843. The van der Waals surface area contributed by atoms with Crippen molar-refractivity contribution in [1.82, 2.24) is 0 Å². The van der Waals surface area contributed by atoms with Crippen molar-refractivity contribution in [3.8, 4) is 0 Å². The van der Waals surface area contributed by atoms with Crippen LogP contribution >= 0.6 is 7.82 Å². The van der Waals surface area contributed by atoms with Gasteiger partial charge in [0, 0.05) is 6.42 Å². The van der Waals surface area contributed by atoms with Gasteiger partial charge >= 0.3 is 13.8 Å². The highest BCUT2D eigenvalue weighted by atomic mass is 31.2. The number of hydrogen-bond donors (Lipinski definition) is 1. The van der Waals surface area contributed by atoms with Crippen LogP contribution in [0.1, 0.15) is 174 Å². The van der Waals surface area contributed by atoms with E-state index in [1.165, 1.54) is 109 Å². The fraction of sp³-hybridized carbons (Fsp3) is 0.875. The molecule has 0 fully saturated rings. The van der Waals surface area contributed by atoms with E-state index < -0.39 is 13.9 Å². The zero-order valence-corrected chi connectivity index (χ0v) is 33.6. The number of ether oxygens (including phenoxy) is 2. The van der Waals surface area contributed by atoms with Crippen LogP contribution in [0.25, 0.3) is 0 Å². The monoisotopic (exact) mass is 717 g/mol. The average Bonchev–Trinajstić information content (AvgIpc) is 3.04. The van der Waals surface area contributed by atoms with E-state index in [2.05, 4.69) is 26.0 Å². The van der Waals surface area contributed by atoms with Crippen molar-refractivity contribution in [2.45, 2.75) is 180 Å². The van der Waals surface area contributed by atoms with Gasteiger partial charge in [0.2, 0.25) is 0 Å². The number of carbonyl (C=O) groups is 1. The first-order valence-electron chi connectivity index (χ1n) is 20.1. The number of nitrogens with zero attached hydrogens (tertiary/aromatic N) is 1. The fourth-order valence-electron chi connectivity index (χ4n) is 5.39. The smallest absolute Gasteiger partial charge is 0.472 e. The summed E-state index contributed by atoms with van der Waals surface area (Å²) in [7, 11) is 1.63. The second kappa shape index (κ2) is 33.9. The van der Waals surface area contributed by atoms with E-state index >= 15 is 0 Å². The minimum atomic E-state index is -4.28. The summed E-state index contributed by atoms with van der Waals surface area (Å²) < 4.78 is 34.6. The van der Waals surface area contributed by atoms with Gasteiger partial charge in [-0.3, -0.25) is 13.8 Å². The third-order valence-corrected chi connectivity index (χ3v) is 9.56. The number of unbranched alkanes of at least 4 members (excludes halogenated alkanes) is 21. The van der Waals surface area contributed by atoms with Gasteiger partial charge in [0.25, 0.3) is 0 Å². The fourth-order valence-corrected chi connectivity index (χ4v) is 6.14. The SMILES string of the molecule is CCCCCCC/C=C\CCCCCCC(=O)O[C@H](CO/C=C\CCCCCCCCCCCCCC)COP(=O)(O)OCC[N+](C)(C)C. The molecule has 0 aliphatic carbocycles. The maximum absolute atomic E-state index is 12.6. The summed E-state index contributed by atoms with van der Waals surface area (Å²) in [4.78, 5) is 22.8. The molecule has 0 rings (SSSR count). The summed E-state index contributed by atoms with van der Waals surface area (Å²) in [5.74, 6) is -0.348. The Kier molecular flexibility index (Phi) is 33.1. The molecule has 0 bridgehead atoms. The number of allylic oxidation sites excluding steroid dienone is 3. The second-order valence-corrected chi connectivity index (χ2v) is 16.2. The molecule has 0 heterocycles. The molecule has 0 aliphatic rings. The molecule has 49 heavy (non-hydrogen) atoms. The average molecular weight is 717 g/mol. The van der Waals surface area contributed by atoms with E-state index in [-0.39, 0.29) is 25.8 Å². The molecule has 0 saturated heterocycles. The van der Waals surface area contributed by atoms with Crippen molar-refractivity contribution < 1.29 is 37.3 Å². The number of hydrogen-bond acceptors (Lipinski definition) is 6. The van der Waals surface area contributed by atoms with Gasteiger partial charge in [-0.05, 0) is 51.0 Å². The highest BCUT2D eigenvalue weighted by Crippen LogP contribution is 2.43. The van der Waals surface area contributed by atoms with Crippen LogP contribution < -0.4 is 0 Å². The van der Waals surface area contributed by atoms with Gasteiger partial charge in [0.1, 0.15) is 19.8 Å². The summed E-state index contributed by atoms with van der Waals surface area (Å²) >= 11 is 0. The van der Waals surface area contributed by atoms with Crippen molar-refractivity contribution in [3.05, 3.63) is 24.5 Å². The van der Waals surface area contributed by atoms with E-state index in [9.17, 15) is 14.3 Å². The van der Waals surface area contributed by atoms with Crippen LogP contribution in [-0.4, -0.2) is 69.0 Å². The summed E-state index contributed by atoms with van der Waals surface area (Å²) in [5, 5.41) is 0. The Morgan fingerprint density at radius 1 is 0.633 bits per heavy atom. The Morgan fingerprint density at radius 3 is 1.57 bits per heavy atom. The van der Waals surface area contributed by atoms with Gasteiger partial charge in [-0.25, -0.2) is 4.57 Å². The maximum Gasteiger partial charge on any atom is 0.472 e. The van der Waals surface area contributed by atoms with Crippen LogP contribution in [-0.2, 0) is 27.9 Å². The van der Waals surface area contributed by atoms with Crippen molar-refractivity contribution in [3.63, 3.8) is 0 Å². The lowest BCUT2D eigenvalue weighted by Gasteiger charge is -2.24. The number of esters is 1. The molecule has 0 amide bonds. The second-order valence-electron chi connectivity index (χ2n) is 14.7. The standard InChI is InChI=1S/C40H78NO7P/c1-6-8-10-12-14-16-18-20-22-24-26-28-30-32-35-45-37-39(38-47-49(43,44)46-36-34-41(3,4)5)48-40(42)33-31-29-27-25-23-21-19-17-15-13-11-9-7-2/h19,21,32,35,39H,6-18,20,22-31,33-34,36-38H2,1-5H3/p+1/b21-19-,35-32-/t39-/m1/s1. The number of phosphoric ester groups is 1. The van der Waals surface area contributed by atoms with E-state index in [0.29, 0.717) is 17.4 Å². The number of rotatable bonds is 37. The first-order valence-corrected chi connectivity index (χ1v) is 21.6. The molecule has 2 atom stereocenters. The predicted molar refractivity (Wildman–Crippen MR) is 206 cm³/mol. The molecule has 9 heteroatoms. The highest BCUT2D eigenvalue weighted by molar-refractivity contribution is 7.47. The molecular formula is C40H79NO7P+. The van der Waals surface area contributed by atoms with Crippen LogP contribution in [0.4, 0.5) is 0 Å². The molecule has 0 saturated carbocycles. The van der Waals surface area contributed by atoms with Gasteiger partial charge in [-0.2, -0.15) is 0 Å².